The lowest BCUT2D eigenvalue weighted by molar-refractivity contribution is -0.140. The van der Waals surface area contributed by atoms with Crippen LogP contribution in [-0.4, -0.2) is 29.7 Å². The Labute approximate surface area is 145 Å². The molecule has 7 heteroatoms. The highest BCUT2D eigenvalue weighted by atomic mass is 32.1. The molecule has 0 aliphatic rings. The maximum Gasteiger partial charge on any atom is 0.305 e. The molecule has 23 heavy (non-hydrogen) atoms. The Kier molecular flexibility index (Phi) is 6.49. The minimum atomic E-state index is -0.211. The van der Waals surface area contributed by atoms with Crippen LogP contribution in [0.1, 0.15) is 17.8 Å². The average Bonchev–Trinajstić information content (AvgIpc) is 2.98. The van der Waals surface area contributed by atoms with Gasteiger partial charge in [0.25, 0.3) is 0 Å². The highest BCUT2D eigenvalue weighted by Gasteiger charge is 2.04. The van der Waals surface area contributed by atoms with Crippen molar-refractivity contribution in [2.24, 2.45) is 0 Å². The maximum atomic E-state index is 11.0. The van der Waals surface area contributed by atoms with Gasteiger partial charge < -0.3 is 15.4 Å². The summed E-state index contributed by atoms with van der Waals surface area (Å²) < 4.78 is 4.59. The molecular formula is C16H19N3O2S2. The molecule has 0 aliphatic heterocycles. The number of thiazole rings is 1. The monoisotopic (exact) mass is 349 g/mol. The Balaban J connectivity index is 1.85. The van der Waals surface area contributed by atoms with Crippen molar-refractivity contribution in [2.75, 3.05) is 19.0 Å². The third-order valence-corrected chi connectivity index (χ3v) is 4.13. The summed E-state index contributed by atoms with van der Waals surface area (Å²) in [6.45, 7) is 2.61. The lowest BCUT2D eigenvalue weighted by Crippen LogP contribution is -2.29. The van der Waals surface area contributed by atoms with E-state index in [4.69, 9.17) is 12.2 Å². The van der Waals surface area contributed by atoms with Crippen molar-refractivity contribution in [3.05, 3.63) is 34.7 Å². The van der Waals surface area contributed by atoms with Crippen LogP contribution < -0.4 is 10.6 Å². The first-order valence-corrected chi connectivity index (χ1v) is 8.51. The van der Waals surface area contributed by atoms with E-state index in [9.17, 15) is 4.79 Å². The highest BCUT2D eigenvalue weighted by molar-refractivity contribution is 7.80. The fourth-order valence-electron chi connectivity index (χ4n) is 1.96. The van der Waals surface area contributed by atoms with Crippen molar-refractivity contribution in [1.29, 1.82) is 0 Å². The molecule has 0 spiro atoms. The van der Waals surface area contributed by atoms with Gasteiger partial charge in [-0.3, -0.25) is 4.79 Å². The van der Waals surface area contributed by atoms with Gasteiger partial charge in [0, 0.05) is 29.6 Å². The molecule has 1 aromatic carbocycles. The van der Waals surface area contributed by atoms with Gasteiger partial charge in [-0.2, -0.15) is 0 Å². The summed E-state index contributed by atoms with van der Waals surface area (Å²) >= 11 is 6.88. The molecule has 0 bridgehead atoms. The van der Waals surface area contributed by atoms with Crippen LogP contribution >= 0.6 is 23.6 Å². The number of anilines is 1. The highest BCUT2D eigenvalue weighted by Crippen LogP contribution is 2.24. The number of thiocarbonyl (C=S) groups is 1. The van der Waals surface area contributed by atoms with E-state index in [2.05, 4.69) is 20.4 Å². The lowest BCUT2D eigenvalue weighted by atomic mass is 10.1. The molecule has 2 rings (SSSR count). The first-order chi connectivity index (χ1) is 11.1. The Bertz CT molecular complexity index is 685. The molecule has 0 radical (unpaired) electrons. The second kappa shape index (κ2) is 8.59. The molecule has 5 nitrogen and oxygen atoms in total. The van der Waals surface area contributed by atoms with Crippen molar-refractivity contribution in [1.82, 2.24) is 10.3 Å². The van der Waals surface area contributed by atoms with Gasteiger partial charge in [0.05, 0.1) is 17.8 Å². The van der Waals surface area contributed by atoms with Crippen LogP contribution in [0.4, 0.5) is 5.69 Å². The molecule has 0 aliphatic carbocycles. The maximum absolute atomic E-state index is 11.0. The Morgan fingerprint density at radius 2 is 2.26 bits per heavy atom. The van der Waals surface area contributed by atoms with Gasteiger partial charge >= 0.3 is 5.97 Å². The number of aromatic nitrogens is 1. The molecule has 0 saturated heterocycles. The van der Waals surface area contributed by atoms with E-state index in [-0.39, 0.29) is 5.97 Å². The van der Waals surface area contributed by atoms with Crippen molar-refractivity contribution < 1.29 is 9.53 Å². The summed E-state index contributed by atoms with van der Waals surface area (Å²) in [6, 6.07) is 7.95. The SMILES string of the molecule is COC(=O)CCCNC(=S)Nc1cccc(-c2csc(C)n2)c1. The second-order valence-corrected chi connectivity index (χ2v) is 6.36. The van der Waals surface area contributed by atoms with Crippen molar-refractivity contribution in [3.8, 4) is 11.3 Å². The van der Waals surface area contributed by atoms with Gasteiger partial charge in [0.15, 0.2) is 5.11 Å². The van der Waals surface area contributed by atoms with Crippen molar-refractivity contribution in [2.45, 2.75) is 19.8 Å². The summed E-state index contributed by atoms with van der Waals surface area (Å²) in [5.41, 5.74) is 2.92. The standard InChI is InChI=1S/C16H19N3O2S2/c1-11-18-14(10-23-11)12-5-3-6-13(9-12)19-16(22)17-8-4-7-15(20)21-2/h3,5-6,9-10H,4,7-8H2,1-2H3,(H2,17,19,22). The second-order valence-electron chi connectivity index (χ2n) is 4.89. The number of carbonyl (C=O) groups is 1. The number of nitrogens with zero attached hydrogens (tertiary/aromatic N) is 1. The van der Waals surface area contributed by atoms with E-state index in [0.29, 0.717) is 24.5 Å². The lowest BCUT2D eigenvalue weighted by Gasteiger charge is -2.11. The van der Waals surface area contributed by atoms with Gasteiger partial charge in [0.2, 0.25) is 0 Å². The normalized spacial score (nSPS) is 10.2. The van der Waals surface area contributed by atoms with Crippen LogP contribution in [0.25, 0.3) is 11.3 Å². The zero-order valence-corrected chi connectivity index (χ0v) is 14.7. The summed E-state index contributed by atoms with van der Waals surface area (Å²) in [4.78, 5) is 15.5. The number of rotatable bonds is 6. The largest absolute Gasteiger partial charge is 0.469 e. The summed E-state index contributed by atoms with van der Waals surface area (Å²) in [6.07, 6.45) is 1.05. The van der Waals surface area contributed by atoms with E-state index < -0.39 is 0 Å². The van der Waals surface area contributed by atoms with Crippen molar-refractivity contribution in [3.63, 3.8) is 0 Å². The molecular weight excluding hydrogens is 330 g/mol. The molecule has 1 aromatic heterocycles. The molecule has 2 aromatic rings. The zero-order valence-electron chi connectivity index (χ0n) is 13.1. The topological polar surface area (TPSA) is 63.2 Å². The Hall–Kier alpha value is -1.99. The van der Waals surface area contributed by atoms with Crippen LogP contribution in [0.5, 0.6) is 0 Å². The summed E-state index contributed by atoms with van der Waals surface area (Å²) in [5.74, 6) is -0.211. The van der Waals surface area contributed by atoms with E-state index in [1.165, 1.54) is 7.11 Å². The number of methoxy groups -OCH3 is 1. The molecule has 0 unspecified atom stereocenters. The molecule has 0 amide bonds. The molecule has 0 saturated carbocycles. The summed E-state index contributed by atoms with van der Waals surface area (Å²) in [5, 5.41) is 9.83. The molecule has 122 valence electrons. The van der Waals surface area contributed by atoms with E-state index in [0.717, 1.165) is 22.0 Å². The number of hydrogen-bond acceptors (Lipinski definition) is 5. The minimum absolute atomic E-state index is 0.211. The van der Waals surface area contributed by atoms with Crippen molar-refractivity contribution >= 4 is 40.3 Å². The van der Waals surface area contributed by atoms with Gasteiger partial charge in [-0.15, -0.1) is 11.3 Å². The number of nitrogens with one attached hydrogen (secondary N) is 2. The predicted molar refractivity (Wildman–Crippen MR) is 97.8 cm³/mol. The number of benzene rings is 1. The molecule has 2 N–H and O–H groups in total. The van der Waals surface area contributed by atoms with E-state index >= 15 is 0 Å². The third kappa shape index (κ3) is 5.61. The molecule has 0 atom stereocenters. The Morgan fingerprint density at radius 1 is 1.43 bits per heavy atom. The van der Waals surface area contributed by atoms with Gasteiger partial charge in [0.1, 0.15) is 0 Å². The van der Waals surface area contributed by atoms with Crippen LogP contribution in [0.2, 0.25) is 0 Å². The summed E-state index contributed by atoms with van der Waals surface area (Å²) in [7, 11) is 1.39. The van der Waals surface area contributed by atoms with E-state index in [1.807, 2.05) is 36.6 Å². The minimum Gasteiger partial charge on any atom is -0.469 e. The smallest absolute Gasteiger partial charge is 0.305 e. The zero-order chi connectivity index (χ0) is 16.7. The van der Waals surface area contributed by atoms with E-state index in [1.54, 1.807) is 11.3 Å². The Morgan fingerprint density at radius 3 is 2.96 bits per heavy atom. The average molecular weight is 349 g/mol. The number of esters is 1. The third-order valence-electron chi connectivity index (χ3n) is 3.11. The van der Waals surface area contributed by atoms with Gasteiger partial charge in [-0.05, 0) is 37.7 Å². The molecule has 0 fully saturated rings. The quantitative estimate of drug-likeness (QED) is 0.474. The van der Waals surface area contributed by atoms with Crippen LogP contribution in [0.3, 0.4) is 0 Å². The number of hydrogen-bond donors (Lipinski definition) is 2. The van der Waals surface area contributed by atoms with Gasteiger partial charge in [-0.1, -0.05) is 12.1 Å². The van der Waals surface area contributed by atoms with Crippen LogP contribution in [0.15, 0.2) is 29.6 Å². The first-order valence-electron chi connectivity index (χ1n) is 7.22. The first kappa shape index (κ1) is 17.4. The predicted octanol–water partition coefficient (Wildman–Crippen LogP) is 3.36. The fourth-order valence-corrected chi connectivity index (χ4v) is 2.81. The van der Waals surface area contributed by atoms with Crippen LogP contribution in [-0.2, 0) is 9.53 Å². The van der Waals surface area contributed by atoms with Crippen LogP contribution in [0, 0.1) is 6.92 Å². The number of carbonyl (C=O) groups excluding carboxylic acids is 1. The van der Waals surface area contributed by atoms with Gasteiger partial charge in [-0.25, -0.2) is 4.98 Å². The number of aryl methyl sites for hydroxylation is 1. The molecule has 1 heterocycles. The fraction of sp³-hybridized carbons (Fsp3) is 0.312. The number of ether oxygens (including phenoxy) is 1.